The van der Waals surface area contributed by atoms with Crippen molar-refractivity contribution in [2.45, 2.75) is 66.3 Å². The Hall–Kier alpha value is -1.52. The molecule has 1 atom stereocenters. The summed E-state index contributed by atoms with van der Waals surface area (Å²) in [7, 11) is 0. The van der Waals surface area contributed by atoms with Gasteiger partial charge in [-0.1, -0.05) is 27.7 Å². The van der Waals surface area contributed by atoms with E-state index in [0.717, 1.165) is 0 Å². The molecule has 120 valence electrons. The molecule has 0 heterocycles. The molecule has 5 nitrogen and oxygen atoms in total. The lowest BCUT2D eigenvalue weighted by Gasteiger charge is -2.13. The van der Waals surface area contributed by atoms with Crippen LogP contribution in [-0.4, -0.2) is 29.3 Å². The molecule has 0 unspecified atom stereocenters. The number of carbonyl (C=O) groups excluding carboxylic acids is 4. The largest absolute Gasteiger partial charge is 0.347 e. The van der Waals surface area contributed by atoms with Gasteiger partial charge in [-0.05, 0) is 6.92 Å². The van der Waals surface area contributed by atoms with Crippen LogP contribution >= 0.6 is 0 Å². The van der Waals surface area contributed by atoms with Gasteiger partial charge in [-0.15, -0.1) is 0 Å². The van der Waals surface area contributed by atoms with Gasteiger partial charge in [-0.25, -0.2) is 0 Å². The van der Waals surface area contributed by atoms with E-state index < -0.39 is 6.04 Å². The number of carbonyl (C=O) groups is 4. The summed E-state index contributed by atoms with van der Waals surface area (Å²) >= 11 is 0. The number of ketones is 3. The molecule has 0 saturated carbocycles. The second kappa shape index (κ2) is 9.42. The van der Waals surface area contributed by atoms with Crippen molar-refractivity contribution in [1.82, 2.24) is 5.32 Å². The number of hydrogen-bond acceptors (Lipinski definition) is 4. The van der Waals surface area contributed by atoms with E-state index in [1.54, 1.807) is 34.6 Å². The van der Waals surface area contributed by atoms with Crippen LogP contribution in [0, 0.1) is 11.8 Å². The third kappa shape index (κ3) is 8.38. The Balaban J connectivity index is 4.08. The zero-order valence-corrected chi connectivity index (χ0v) is 13.7. The molecule has 21 heavy (non-hydrogen) atoms. The average molecular weight is 297 g/mol. The van der Waals surface area contributed by atoms with Gasteiger partial charge in [0.05, 0.1) is 6.04 Å². The smallest absolute Gasteiger partial charge is 0.221 e. The predicted molar refractivity (Wildman–Crippen MR) is 80.8 cm³/mol. The first kappa shape index (κ1) is 19.5. The molecule has 1 amide bonds. The van der Waals surface area contributed by atoms with E-state index in [1.165, 1.54) is 0 Å². The molecule has 0 rings (SSSR count). The van der Waals surface area contributed by atoms with E-state index in [0.29, 0.717) is 0 Å². The van der Waals surface area contributed by atoms with Gasteiger partial charge in [0.1, 0.15) is 11.6 Å². The summed E-state index contributed by atoms with van der Waals surface area (Å²) in [5.74, 6) is -0.549. The Morgan fingerprint density at radius 2 is 1.05 bits per heavy atom. The Labute approximate surface area is 126 Å². The molecule has 0 bridgehead atoms. The number of rotatable bonds is 10. The minimum atomic E-state index is -0.619. The average Bonchev–Trinajstić information content (AvgIpc) is 2.40. The Kier molecular flexibility index (Phi) is 8.74. The molecule has 0 aromatic rings. The molecule has 0 aliphatic carbocycles. The van der Waals surface area contributed by atoms with Gasteiger partial charge in [0.25, 0.3) is 0 Å². The van der Waals surface area contributed by atoms with Gasteiger partial charge in [-0.3, -0.25) is 19.2 Å². The number of nitrogens with one attached hydrogen (secondary N) is 1. The van der Waals surface area contributed by atoms with E-state index in [4.69, 9.17) is 0 Å². The van der Waals surface area contributed by atoms with Gasteiger partial charge >= 0.3 is 0 Å². The normalized spacial score (nSPS) is 12.3. The molecule has 0 aromatic heterocycles. The fraction of sp³-hybridized carbons (Fsp3) is 0.750. The lowest BCUT2D eigenvalue weighted by atomic mass is 10.0. The van der Waals surface area contributed by atoms with E-state index >= 15 is 0 Å². The first-order valence-corrected chi connectivity index (χ1v) is 7.52. The van der Waals surface area contributed by atoms with Crippen LogP contribution in [0.4, 0.5) is 0 Å². The number of Topliss-reactive ketones (excluding diaryl/α,β-unsaturated/α-hetero) is 3. The minimum absolute atomic E-state index is 0.0339. The Bertz CT molecular complexity index is 399. The molecule has 5 heteroatoms. The van der Waals surface area contributed by atoms with Crippen LogP contribution in [0.15, 0.2) is 0 Å². The molecule has 0 aromatic carbocycles. The van der Waals surface area contributed by atoms with Crippen LogP contribution in [0.3, 0.4) is 0 Å². The molecule has 1 N–H and O–H groups in total. The van der Waals surface area contributed by atoms with Gasteiger partial charge < -0.3 is 5.32 Å². The highest BCUT2D eigenvalue weighted by Crippen LogP contribution is 2.05. The van der Waals surface area contributed by atoms with E-state index in [-0.39, 0.29) is 60.8 Å². The molecule has 0 fully saturated rings. The summed E-state index contributed by atoms with van der Waals surface area (Å²) in [5, 5.41) is 2.57. The molecule has 0 saturated heterocycles. The second-order valence-electron chi connectivity index (χ2n) is 6.00. The van der Waals surface area contributed by atoms with Crippen molar-refractivity contribution in [3.8, 4) is 0 Å². The minimum Gasteiger partial charge on any atom is -0.347 e. The van der Waals surface area contributed by atoms with Crippen LogP contribution in [-0.2, 0) is 19.2 Å². The number of hydrogen-bond donors (Lipinski definition) is 1. The highest BCUT2D eigenvalue weighted by Gasteiger charge is 2.18. The maximum absolute atomic E-state index is 11.8. The lowest BCUT2D eigenvalue weighted by molar-refractivity contribution is -0.130. The van der Waals surface area contributed by atoms with E-state index in [1.807, 2.05) is 0 Å². The second-order valence-corrected chi connectivity index (χ2v) is 6.00. The first-order valence-electron chi connectivity index (χ1n) is 7.52. The standard InChI is InChI=1S/C16H27NO4/c1-10(2)13(18)6-7-15(20)12(5)17-16(21)9-8-14(19)11(3)4/h10-12H,6-9H2,1-5H3,(H,17,21)/t12-/m0/s1. The summed E-state index contributed by atoms with van der Waals surface area (Å²) < 4.78 is 0. The monoisotopic (exact) mass is 297 g/mol. The van der Waals surface area contributed by atoms with Crippen LogP contribution in [0.25, 0.3) is 0 Å². The molecule has 0 spiro atoms. The van der Waals surface area contributed by atoms with Crippen LogP contribution in [0.5, 0.6) is 0 Å². The zero-order chi connectivity index (χ0) is 16.6. The SMILES string of the molecule is CC(C)C(=O)CCC(=O)N[C@@H](C)C(=O)CCC(=O)C(C)C. The van der Waals surface area contributed by atoms with Gasteiger partial charge in [0, 0.05) is 37.5 Å². The predicted octanol–water partition coefficient (Wildman–Crippen LogP) is 2.07. The highest BCUT2D eigenvalue weighted by molar-refractivity contribution is 5.92. The molecule has 0 aliphatic heterocycles. The van der Waals surface area contributed by atoms with Crippen molar-refractivity contribution in [3.63, 3.8) is 0 Å². The lowest BCUT2D eigenvalue weighted by Crippen LogP contribution is -2.38. The summed E-state index contributed by atoms with van der Waals surface area (Å²) in [5.41, 5.74) is 0. The van der Waals surface area contributed by atoms with Crippen LogP contribution in [0.2, 0.25) is 0 Å². The van der Waals surface area contributed by atoms with Gasteiger partial charge in [0.15, 0.2) is 5.78 Å². The third-order valence-electron chi connectivity index (χ3n) is 3.36. The highest BCUT2D eigenvalue weighted by atomic mass is 16.2. The summed E-state index contributed by atoms with van der Waals surface area (Å²) in [6.45, 7) is 8.77. The van der Waals surface area contributed by atoms with Crippen molar-refractivity contribution in [2.75, 3.05) is 0 Å². The third-order valence-corrected chi connectivity index (χ3v) is 3.36. The van der Waals surface area contributed by atoms with E-state index in [9.17, 15) is 19.2 Å². The number of amides is 1. The fourth-order valence-electron chi connectivity index (χ4n) is 1.67. The summed E-state index contributed by atoms with van der Waals surface area (Å²) in [6.07, 6.45) is 0.641. The van der Waals surface area contributed by atoms with Crippen molar-refractivity contribution < 1.29 is 19.2 Å². The fourth-order valence-corrected chi connectivity index (χ4v) is 1.67. The van der Waals surface area contributed by atoms with Crippen molar-refractivity contribution in [3.05, 3.63) is 0 Å². The first-order chi connectivity index (χ1) is 9.65. The van der Waals surface area contributed by atoms with Crippen molar-refractivity contribution >= 4 is 23.3 Å². The van der Waals surface area contributed by atoms with Crippen LogP contribution < -0.4 is 5.32 Å². The van der Waals surface area contributed by atoms with E-state index in [2.05, 4.69) is 5.32 Å². The van der Waals surface area contributed by atoms with Crippen molar-refractivity contribution in [2.24, 2.45) is 11.8 Å². The quantitative estimate of drug-likeness (QED) is 0.669. The summed E-state index contributed by atoms with van der Waals surface area (Å²) in [6, 6.07) is -0.619. The maximum Gasteiger partial charge on any atom is 0.221 e. The zero-order valence-electron chi connectivity index (χ0n) is 13.7. The Morgan fingerprint density at radius 1 is 0.667 bits per heavy atom. The maximum atomic E-state index is 11.8. The Morgan fingerprint density at radius 3 is 1.48 bits per heavy atom. The summed E-state index contributed by atoms with van der Waals surface area (Å²) in [4.78, 5) is 46.3. The molecule has 0 radical (unpaired) electrons. The van der Waals surface area contributed by atoms with Gasteiger partial charge in [-0.2, -0.15) is 0 Å². The molecule has 0 aliphatic rings. The van der Waals surface area contributed by atoms with Gasteiger partial charge in [0.2, 0.25) is 5.91 Å². The molecular weight excluding hydrogens is 270 g/mol. The molecular formula is C16H27NO4. The van der Waals surface area contributed by atoms with Crippen molar-refractivity contribution in [1.29, 1.82) is 0 Å². The topological polar surface area (TPSA) is 80.3 Å². The van der Waals surface area contributed by atoms with Crippen LogP contribution in [0.1, 0.15) is 60.3 Å².